The Morgan fingerprint density at radius 3 is 3.00 bits per heavy atom. The van der Waals surface area contributed by atoms with Crippen LogP contribution in [0.4, 0.5) is 0 Å². The zero-order valence-corrected chi connectivity index (χ0v) is 9.39. The second-order valence-corrected chi connectivity index (χ2v) is 4.02. The van der Waals surface area contributed by atoms with Crippen LogP contribution in [0.5, 0.6) is 5.75 Å². The molecule has 2 N–H and O–H groups in total. The maximum atomic E-state index is 5.75. The van der Waals surface area contributed by atoms with Crippen LogP contribution in [0.2, 0.25) is 0 Å². The maximum absolute atomic E-state index is 5.75. The molecule has 2 heterocycles. The number of fused-ring (bicyclic) bond motifs is 1. The van der Waals surface area contributed by atoms with Crippen molar-refractivity contribution in [3.8, 4) is 17.0 Å². The van der Waals surface area contributed by atoms with Crippen molar-refractivity contribution in [1.82, 2.24) is 9.97 Å². The predicted octanol–water partition coefficient (Wildman–Crippen LogP) is 1.54. The van der Waals surface area contributed by atoms with Crippen LogP contribution in [0.3, 0.4) is 0 Å². The van der Waals surface area contributed by atoms with Gasteiger partial charge in [0.2, 0.25) is 0 Å². The molecule has 2 aromatic rings. The minimum Gasteiger partial charge on any atom is -0.493 e. The second-order valence-electron chi connectivity index (χ2n) is 4.02. The molecule has 0 bridgehead atoms. The van der Waals surface area contributed by atoms with E-state index in [-0.39, 0.29) is 0 Å². The molecule has 0 saturated carbocycles. The van der Waals surface area contributed by atoms with Crippen LogP contribution in [0, 0.1) is 0 Å². The lowest BCUT2D eigenvalue weighted by atomic mass is 10.0. The summed E-state index contributed by atoms with van der Waals surface area (Å²) in [6.45, 7) is 1.22. The third-order valence-electron chi connectivity index (χ3n) is 2.94. The first-order valence-electron chi connectivity index (χ1n) is 5.63. The quantitative estimate of drug-likeness (QED) is 0.845. The van der Waals surface area contributed by atoms with E-state index in [4.69, 9.17) is 10.5 Å². The van der Waals surface area contributed by atoms with Crippen molar-refractivity contribution in [3.63, 3.8) is 0 Å². The Labute approximate surface area is 99.5 Å². The molecule has 1 aliphatic heterocycles. The van der Waals surface area contributed by atoms with Crippen LogP contribution >= 0.6 is 0 Å². The number of ether oxygens (including phenoxy) is 1. The summed E-state index contributed by atoms with van der Waals surface area (Å²) in [4.78, 5) is 8.39. The Bertz CT molecular complexity index is 540. The fourth-order valence-corrected chi connectivity index (χ4v) is 2.14. The molecule has 0 unspecified atom stereocenters. The molecule has 0 aliphatic carbocycles. The molecule has 0 radical (unpaired) electrons. The minimum absolute atomic E-state index is 0.483. The van der Waals surface area contributed by atoms with Gasteiger partial charge in [-0.3, -0.25) is 9.97 Å². The number of hydrogen-bond donors (Lipinski definition) is 1. The van der Waals surface area contributed by atoms with Gasteiger partial charge in [0.1, 0.15) is 5.75 Å². The number of benzene rings is 1. The van der Waals surface area contributed by atoms with Gasteiger partial charge in [0.05, 0.1) is 18.5 Å². The summed E-state index contributed by atoms with van der Waals surface area (Å²) in [5.41, 5.74) is 9.94. The van der Waals surface area contributed by atoms with Crippen molar-refractivity contribution >= 4 is 0 Å². The summed E-state index contributed by atoms with van der Waals surface area (Å²) in [5.74, 6) is 0.958. The summed E-state index contributed by atoms with van der Waals surface area (Å²) < 4.78 is 5.60. The number of hydrogen-bond acceptors (Lipinski definition) is 4. The molecule has 1 aliphatic rings. The molecule has 0 spiro atoms. The summed E-state index contributed by atoms with van der Waals surface area (Å²) in [6.07, 6.45) is 6.07. The molecule has 1 aromatic carbocycles. The SMILES string of the molecule is NCc1cc(-c2cnccn2)cc2c1OCC2. The van der Waals surface area contributed by atoms with Gasteiger partial charge in [-0.1, -0.05) is 0 Å². The van der Waals surface area contributed by atoms with E-state index in [0.29, 0.717) is 6.54 Å². The Kier molecular flexibility index (Phi) is 2.49. The lowest BCUT2D eigenvalue weighted by Gasteiger charge is -2.09. The molecule has 4 nitrogen and oxygen atoms in total. The van der Waals surface area contributed by atoms with E-state index >= 15 is 0 Å². The van der Waals surface area contributed by atoms with Gasteiger partial charge in [0, 0.05) is 36.5 Å². The van der Waals surface area contributed by atoms with E-state index in [9.17, 15) is 0 Å². The van der Waals surface area contributed by atoms with Gasteiger partial charge >= 0.3 is 0 Å². The van der Waals surface area contributed by atoms with Gasteiger partial charge in [0.15, 0.2) is 0 Å². The third kappa shape index (κ3) is 1.76. The van der Waals surface area contributed by atoms with E-state index in [1.807, 2.05) is 6.07 Å². The molecule has 1 aromatic heterocycles. The van der Waals surface area contributed by atoms with E-state index < -0.39 is 0 Å². The van der Waals surface area contributed by atoms with Gasteiger partial charge in [-0.05, 0) is 17.7 Å². The maximum Gasteiger partial charge on any atom is 0.127 e. The highest BCUT2D eigenvalue weighted by Gasteiger charge is 2.17. The van der Waals surface area contributed by atoms with Crippen LogP contribution in [0.1, 0.15) is 11.1 Å². The van der Waals surface area contributed by atoms with Crippen molar-refractivity contribution in [2.24, 2.45) is 5.73 Å². The van der Waals surface area contributed by atoms with Crippen LogP contribution in [-0.2, 0) is 13.0 Å². The highest BCUT2D eigenvalue weighted by Crippen LogP contribution is 2.33. The lowest BCUT2D eigenvalue weighted by molar-refractivity contribution is 0.353. The summed E-state index contributed by atoms with van der Waals surface area (Å²) in [5, 5.41) is 0. The minimum atomic E-state index is 0.483. The first kappa shape index (κ1) is 10.2. The Balaban J connectivity index is 2.13. The van der Waals surface area contributed by atoms with Crippen molar-refractivity contribution in [3.05, 3.63) is 41.9 Å². The number of rotatable bonds is 2. The van der Waals surface area contributed by atoms with Gasteiger partial charge in [-0.15, -0.1) is 0 Å². The van der Waals surface area contributed by atoms with Crippen LogP contribution < -0.4 is 10.5 Å². The standard InChI is InChI=1S/C13H13N3O/c14-7-11-6-10(12-8-15-2-3-16-12)5-9-1-4-17-13(9)11/h2-3,5-6,8H,1,4,7,14H2. The molecule has 0 fully saturated rings. The van der Waals surface area contributed by atoms with E-state index in [1.165, 1.54) is 5.56 Å². The number of aromatic nitrogens is 2. The van der Waals surface area contributed by atoms with Gasteiger partial charge < -0.3 is 10.5 Å². The Hall–Kier alpha value is -1.94. The van der Waals surface area contributed by atoms with Gasteiger partial charge in [-0.2, -0.15) is 0 Å². The molecular weight excluding hydrogens is 214 g/mol. The summed E-state index contributed by atoms with van der Waals surface area (Å²) in [7, 11) is 0. The fourth-order valence-electron chi connectivity index (χ4n) is 2.14. The van der Waals surface area contributed by atoms with Gasteiger partial charge in [0.25, 0.3) is 0 Å². The molecule has 0 saturated heterocycles. The third-order valence-corrected chi connectivity index (χ3v) is 2.94. The first-order valence-corrected chi connectivity index (χ1v) is 5.63. The molecule has 3 rings (SSSR count). The van der Waals surface area contributed by atoms with Crippen LogP contribution in [0.15, 0.2) is 30.7 Å². The van der Waals surface area contributed by atoms with Crippen LogP contribution in [0.25, 0.3) is 11.3 Å². The number of nitrogens with zero attached hydrogens (tertiary/aromatic N) is 2. The normalized spacial score (nSPS) is 13.2. The average Bonchev–Trinajstić information content (AvgIpc) is 2.86. The Morgan fingerprint density at radius 2 is 2.24 bits per heavy atom. The molecule has 17 heavy (non-hydrogen) atoms. The monoisotopic (exact) mass is 227 g/mol. The summed E-state index contributed by atoms with van der Waals surface area (Å²) >= 11 is 0. The first-order chi connectivity index (χ1) is 8.38. The van der Waals surface area contributed by atoms with Crippen LogP contribution in [-0.4, -0.2) is 16.6 Å². The molecule has 0 atom stereocenters. The van der Waals surface area contributed by atoms with E-state index in [0.717, 1.165) is 35.6 Å². The second kappa shape index (κ2) is 4.14. The smallest absolute Gasteiger partial charge is 0.127 e. The average molecular weight is 227 g/mol. The summed E-state index contributed by atoms with van der Waals surface area (Å²) in [6, 6.07) is 4.15. The van der Waals surface area contributed by atoms with Crippen molar-refractivity contribution in [2.75, 3.05) is 6.61 Å². The highest BCUT2D eigenvalue weighted by molar-refractivity contribution is 5.64. The zero-order valence-electron chi connectivity index (χ0n) is 9.39. The molecule has 86 valence electrons. The topological polar surface area (TPSA) is 61.0 Å². The van der Waals surface area contributed by atoms with E-state index in [1.54, 1.807) is 18.6 Å². The molecular formula is C13H13N3O. The zero-order chi connectivity index (χ0) is 11.7. The largest absolute Gasteiger partial charge is 0.493 e. The molecule has 0 amide bonds. The highest BCUT2D eigenvalue weighted by atomic mass is 16.5. The van der Waals surface area contributed by atoms with E-state index in [2.05, 4.69) is 16.0 Å². The van der Waals surface area contributed by atoms with Gasteiger partial charge in [-0.25, -0.2) is 0 Å². The molecule has 4 heteroatoms. The number of nitrogens with two attached hydrogens (primary N) is 1. The fraction of sp³-hybridized carbons (Fsp3) is 0.231. The lowest BCUT2D eigenvalue weighted by Crippen LogP contribution is -2.00. The Morgan fingerprint density at radius 1 is 1.29 bits per heavy atom. The van der Waals surface area contributed by atoms with Crippen molar-refractivity contribution < 1.29 is 4.74 Å². The van der Waals surface area contributed by atoms with Crippen molar-refractivity contribution in [1.29, 1.82) is 0 Å². The predicted molar refractivity (Wildman–Crippen MR) is 64.6 cm³/mol. The van der Waals surface area contributed by atoms with Crippen molar-refractivity contribution in [2.45, 2.75) is 13.0 Å².